The molecule has 3 rings (SSSR count). The average molecular weight is 243 g/mol. The topological polar surface area (TPSA) is 80.6 Å². The Labute approximate surface area is 101 Å². The molecule has 6 heteroatoms. The molecule has 3 aromatic heterocycles. The van der Waals surface area contributed by atoms with Gasteiger partial charge in [-0.3, -0.25) is 0 Å². The molecule has 3 heterocycles. The molecule has 0 radical (unpaired) electrons. The molecule has 0 atom stereocenters. The van der Waals surface area contributed by atoms with Crippen molar-refractivity contribution in [3.63, 3.8) is 0 Å². The number of carboxylic acids is 1. The predicted molar refractivity (Wildman–Crippen MR) is 62.4 cm³/mol. The Morgan fingerprint density at radius 3 is 3.00 bits per heavy atom. The van der Waals surface area contributed by atoms with Crippen LogP contribution in [-0.2, 0) is 0 Å². The first-order valence-electron chi connectivity index (χ1n) is 5.30. The average Bonchev–Trinajstić information content (AvgIpc) is 2.92. The number of carboxylic acid groups (broad SMARTS) is 1. The summed E-state index contributed by atoms with van der Waals surface area (Å²) in [6.45, 7) is 1.60. The minimum absolute atomic E-state index is 0.139. The minimum atomic E-state index is -1.12. The van der Waals surface area contributed by atoms with Crippen molar-refractivity contribution in [3.8, 4) is 11.5 Å². The van der Waals surface area contributed by atoms with Crippen molar-refractivity contribution in [3.05, 3.63) is 42.0 Å². The number of aromatic nitrogens is 3. The lowest BCUT2D eigenvalue weighted by Crippen LogP contribution is -1.95. The van der Waals surface area contributed by atoms with Crippen molar-refractivity contribution in [2.75, 3.05) is 0 Å². The Hall–Kier alpha value is -2.63. The van der Waals surface area contributed by atoms with Gasteiger partial charge in [-0.25, -0.2) is 14.3 Å². The third kappa shape index (κ3) is 1.46. The van der Waals surface area contributed by atoms with Crippen LogP contribution in [0.2, 0.25) is 0 Å². The molecule has 0 aliphatic rings. The molecular weight excluding hydrogens is 234 g/mol. The number of carbonyl (C=O) groups is 1. The van der Waals surface area contributed by atoms with Gasteiger partial charge < -0.3 is 9.52 Å². The maximum Gasteiger partial charge on any atom is 0.373 e. The van der Waals surface area contributed by atoms with Gasteiger partial charge in [-0.2, -0.15) is 5.10 Å². The van der Waals surface area contributed by atoms with Gasteiger partial charge in [0.15, 0.2) is 0 Å². The van der Waals surface area contributed by atoms with Crippen LogP contribution < -0.4 is 0 Å². The van der Waals surface area contributed by atoms with Crippen LogP contribution in [0.3, 0.4) is 0 Å². The van der Waals surface area contributed by atoms with Crippen LogP contribution in [0, 0.1) is 6.92 Å². The number of nitrogens with zero attached hydrogens (tertiary/aromatic N) is 3. The lowest BCUT2D eigenvalue weighted by molar-refractivity contribution is 0.0662. The van der Waals surface area contributed by atoms with Crippen molar-refractivity contribution in [2.24, 2.45) is 0 Å². The number of oxazole rings is 1. The van der Waals surface area contributed by atoms with Crippen LogP contribution in [0.25, 0.3) is 17.0 Å². The zero-order chi connectivity index (χ0) is 12.7. The molecule has 0 saturated heterocycles. The number of aryl methyl sites for hydroxylation is 1. The first kappa shape index (κ1) is 10.5. The lowest BCUT2D eigenvalue weighted by atomic mass is 10.2. The molecule has 0 saturated carbocycles. The van der Waals surface area contributed by atoms with Gasteiger partial charge in [0.05, 0.1) is 23.0 Å². The van der Waals surface area contributed by atoms with E-state index in [0.717, 1.165) is 5.52 Å². The first-order chi connectivity index (χ1) is 8.66. The van der Waals surface area contributed by atoms with E-state index in [0.29, 0.717) is 11.3 Å². The zero-order valence-electron chi connectivity index (χ0n) is 9.49. The summed E-state index contributed by atoms with van der Waals surface area (Å²) in [6, 6.07) is 5.59. The largest absolute Gasteiger partial charge is 0.475 e. The highest BCUT2D eigenvalue weighted by molar-refractivity contribution is 5.86. The Balaban J connectivity index is 2.20. The molecule has 0 aliphatic heterocycles. The normalized spacial score (nSPS) is 10.9. The first-order valence-corrected chi connectivity index (χ1v) is 5.30. The quantitative estimate of drug-likeness (QED) is 0.744. The second-order valence-electron chi connectivity index (χ2n) is 3.83. The van der Waals surface area contributed by atoms with Crippen molar-refractivity contribution in [1.82, 2.24) is 14.6 Å². The number of fused-ring (bicyclic) bond motifs is 1. The van der Waals surface area contributed by atoms with E-state index in [4.69, 9.17) is 9.52 Å². The summed E-state index contributed by atoms with van der Waals surface area (Å²) in [5.41, 5.74) is 1.84. The standard InChI is InChI=1S/C12H9N3O3/c1-7-10(12(16)17)18-11(14-7)8-6-13-15-5-3-2-4-9(8)15/h2-6H,1H3,(H,16,17). The maximum atomic E-state index is 10.9. The zero-order valence-corrected chi connectivity index (χ0v) is 9.49. The smallest absolute Gasteiger partial charge is 0.373 e. The summed E-state index contributed by atoms with van der Waals surface area (Å²) < 4.78 is 6.94. The molecule has 0 aromatic carbocycles. The van der Waals surface area contributed by atoms with Gasteiger partial charge in [-0.15, -0.1) is 0 Å². The van der Waals surface area contributed by atoms with Gasteiger partial charge in [-0.05, 0) is 19.1 Å². The molecule has 6 nitrogen and oxygen atoms in total. The number of hydrogen-bond acceptors (Lipinski definition) is 4. The monoisotopic (exact) mass is 243 g/mol. The van der Waals surface area contributed by atoms with Crippen LogP contribution in [0.1, 0.15) is 16.2 Å². The van der Waals surface area contributed by atoms with Gasteiger partial charge >= 0.3 is 5.97 Å². The number of hydrogen-bond donors (Lipinski definition) is 1. The highest BCUT2D eigenvalue weighted by atomic mass is 16.4. The highest BCUT2D eigenvalue weighted by Crippen LogP contribution is 2.25. The number of aromatic carboxylic acids is 1. The Morgan fingerprint density at radius 1 is 1.44 bits per heavy atom. The fourth-order valence-corrected chi connectivity index (χ4v) is 1.81. The molecular formula is C12H9N3O3. The Kier molecular flexibility index (Phi) is 2.16. The molecule has 0 fully saturated rings. The Morgan fingerprint density at radius 2 is 2.28 bits per heavy atom. The van der Waals surface area contributed by atoms with E-state index in [2.05, 4.69) is 10.1 Å². The summed E-state index contributed by atoms with van der Waals surface area (Å²) in [5.74, 6) is -0.992. The van der Waals surface area contributed by atoms with Crippen molar-refractivity contribution in [2.45, 2.75) is 6.92 Å². The van der Waals surface area contributed by atoms with Gasteiger partial charge in [0.2, 0.25) is 11.7 Å². The SMILES string of the molecule is Cc1nc(-c2cnn3ccccc23)oc1C(=O)O. The fraction of sp³-hybridized carbons (Fsp3) is 0.0833. The van der Waals surface area contributed by atoms with E-state index in [1.807, 2.05) is 18.2 Å². The van der Waals surface area contributed by atoms with Crippen LogP contribution in [0.5, 0.6) is 0 Å². The van der Waals surface area contributed by atoms with Crippen LogP contribution in [0.4, 0.5) is 0 Å². The molecule has 18 heavy (non-hydrogen) atoms. The third-order valence-corrected chi connectivity index (χ3v) is 2.65. The molecule has 0 amide bonds. The van der Waals surface area contributed by atoms with E-state index in [-0.39, 0.29) is 11.7 Å². The van der Waals surface area contributed by atoms with E-state index in [9.17, 15) is 4.79 Å². The van der Waals surface area contributed by atoms with Crippen molar-refractivity contribution >= 4 is 11.5 Å². The van der Waals surface area contributed by atoms with Crippen molar-refractivity contribution < 1.29 is 14.3 Å². The lowest BCUT2D eigenvalue weighted by Gasteiger charge is -1.93. The summed E-state index contributed by atoms with van der Waals surface area (Å²) in [5, 5.41) is 13.1. The molecule has 0 unspecified atom stereocenters. The molecule has 0 aliphatic carbocycles. The second kappa shape index (κ2) is 3.69. The molecule has 3 aromatic rings. The molecule has 90 valence electrons. The van der Waals surface area contributed by atoms with Crippen molar-refractivity contribution in [1.29, 1.82) is 0 Å². The summed E-state index contributed by atoms with van der Waals surface area (Å²) in [6.07, 6.45) is 3.40. The van der Waals surface area contributed by atoms with E-state index < -0.39 is 5.97 Å². The molecule has 0 spiro atoms. The minimum Gasteiger partial charge on any atom is -0.475 e. The molecule has 0 bridgehead atoms. The molecule has 1 N–H and O–H groups in total. The third-order valence-electron chi connectivity index (χ3n) is 2.65. The maximum absolute atomic E-state index is 10.9. The van der Waals surface area contributed by atoms with Gasteiger partial charge in [0.1, 0.15) is 0 Å². The summed E-state index contributed by atoms with van der Waals surface area (Å²) >= 11 is 0. The summed E-state index contributed by atoms with van der Waals surface area (Å²) in [7, 11) is 0. The van der Waals surface area contributed by atoms with Crippen LogP contribution >= 0.6 is 0 Å². The number of rotatable bonds is 2. The van der Waals surface area contributed by atoms with E-state index in [1.54, 1.807) is 23.8 Å². The number of pyridine rings is 1. The van der Waals surface area contributed by atoms with E-state index >= 15 is 0 Å². The van der Waals surface area contributed by atoms with Gasteiger partial charge in [-0.1, -0.05) is 6.07 Å². The highest BCUT2D eigenvalue weighted by Gasteiger charge is 2.19. The second-order valence-corrected chi connectivity index (χ2v) is 3.83. The fourth-order valence-electron chi connectivity index (χ4n) is 1.81. The summed E-state index contributed by atoms with van der Waals surface area (Å²) in [4.78, 5) is 15.0. The van der Waals surface area contributed by atoms with Gasteiger partial charge in [0.25, 0.3) is 0 Å². The predicted octanol–water partition coefficient (Wildman–Crippen LogP) is 2.00. The Bertz CT molecular complexity index is 742. The van der Waals surface area contributed by atoms with Crippen LogP contribution in [0.15, 0.2) is 35.0 Å². The van der Waals surface area contributed by atoms with Gasteiger partial charge in [0, 0.05) is 6.20 Å². The van der Waals surface area contributed by atoms with Crippen LogP contribution in [-0.4, -0.2) is 25.7 Å². The van der Waals surface area contributed by atoms with E-state index in [1.165, 1.54) is 0 Å².